The Morgan fingerprint density at radius 2 is 1.57 bits per heavy atom. The molecule has 14 heteroatoms. The highest BCUT2D eigenvalue weighted by molar-refractivity contribution is 6.03. The summed E-state index contributed by atoms with van der Waals surface area (Å²) in [5, 5.41) is 10.7. The number of esters is 1. The predicted octanol–water partition coefficient (Wildman–Crippen LogP) is 2.59. The van der Waals surface area contributed by atoms with Gasteiger partial charge in [0, 0.05) is 49.6 Å². The Balaban J connectivity index is 1.64. The van der Waals surface area contributed by atoms with Gasteiger partial charge < -0.3 is 30.7 Å². The monoisotopic (exact) mass is 687 g/mol. The summed E-state index contributed by atoms with van der Waals surface area (Å²) in [6.07, 6.45) is 1.17. The van der Waals surface area contributed by atoms with Crippen molar-refractivity contribution in [3.8, 4) is 0 Å². The van der Waals surface area contributed by atoms with Crippen LogP contribution >= 0.6 is 0 Å². The number of imide groups is 1. The van der Waals surface area contributed by atoms with Crippen LogP contribution in [0.2, 0.25) is 0 Å². The van der Waals surface area contributed by atoms with Crippen molar-refractivity contribution in [2.24, 2.45) is 11.8 Å². The second-order valence-corrected chi connectivity index (χ2v) is 14.0. The number of carbonyl (C=O) groups excluding carboxylic acids is 7. The van der Waals surface area contributed by atoms with E-state index >= 15 is 0 Å². The van der Waals surface area contributed by atoms with E-state index in [-0.39, 0.29) is 80.4 Å². The molecule has 1 aromatic rings. The van der Waals surface area contributed by atoms with Gasteiger partial charge in [-0.1, -0.05) is 32.9 Å². The number of ether oxygens (including phenoxy) is 2. The van der Waals surface area contributed by atoms with Crippen LogP contribution < -0.4 is 21.3 Å². The predicted molar refractivity (Wildman–Crippen MR) is 182 cm³/mol. The maximum atomic E-state index is 12.5. The molecule has 2 rings (SSSR count). The van der Waals surface area contributed by atoms with Gasteiger partial charge in [0.1, 0.15) is 12.6 Å². The van der Waals surface area contributed by atoms with Crippen LogP contribution in [0.1, 0.15) is 93.1 Å². The van der Waals surface area contributed by atoms with Gasteiger partial charge in [-0.3, -0.25) is 38.5 Å². The largest absolute Gasteiger partial charge is 0.461 e. The van der Waals surface area contributed by atoms with Crippen molar-refractivity contribution in [2.45, 2.75) is 111 Å². The van der Waals surface area contributed by atoms with E-state index in [1.54, 1.807) is 45.0 Å². The van der Waals surface area contributed by atoms with Gasteiger partial charge in [0.25, 0.3) is 0 Å². The van der Waals surface area contributed by atoms with Crippen LogP contribution in [0.15, 0.2) is 24.3 Å². The molecular weight excluding hydrogens is 634 g/mol. The SMILES string of the molecule is CC(C)C(=O)OCc1ccc(NC(=O)C(C)NC(=O)CNC(=O)CCC(C)(C)OCCC(C)(C)NC(=O)CCN2C(=O)CC(C)C2=O)cc1. The Kier molecular flexibility index (Phi) is 15.4. The average Bonchev–Trinajstić information content (AvgIpc) is 3.26. The van der Waals surface area contributed by atoms with Crippen LogP contribution in [0.3, 0.4) is 0 Å². The topological polar surface area (TPSA) is 189 Å². The maximum Gasteiger partial charge on any atom is 0.308 e. The summed E-state index contributed by atoms with van der Waals surface area (Å²) in [4.78, 5) is 86.6. The van der Waals surface area contributed by atoms with Gasteiger partial charge >= 0.3 is 5.97 Å². The van der Waals surface area contributed by atoms with Gasteiger partial charge in [0.15, 0.2) is 0 Å². The van der Waals surface area contributed by atoms with Crippen LogP contribution in [0.4, 0.5) is 5.69 Å². The normalized spacial score (nSPS) is 15.5. The molecule has 2 atom stereocenters. The van der Waals surface area contributed by atoms with Gasteiger partial charge in [0.05, 0.1) is 18.1 Å². The summed E-state index contributed by atoms with van der Waals surface area (Å²) in [5.74, 6) is -2.94. The highest BCUT2D eigenvalue weighted by atomic mass is 16.5. The molecule has 0 aliphatic carbocycles. The first kappa shape index (κ1) is 40.8. The molecule has 1 saturated heterocycles. The molecular formula is C35H53N5O9. The number of anilines is 1. The van der Waals surface area contributed by atoms with Crippen LogP contribution in [-0.4, -0.2) is 83.2 Å². The number of hydrogen-bond acceptors (Lipinski definition) is 9. The van der Waals surface area contributed by atoms with Crippen molar-refractivity contribution in [1.82, 2.24) is 20.9 Å². The molecule has 1 aliphatic rings. The van der Waals surface area contributed by atoms with Crippen molar-refractivity contribution >= 4 is 47.1 Å². The summed E-state index contributed by atoms with van der Waals surface area (Å²) < 4.78 is 11.2. The molecule has 4 N–H and O–H groups in total. The number of benzene rings is 1. The first-order valence-electron chi connectivity index (χ1n) is 16.7. The average molecular weight is 688 g/mol. The van der Waals surface area contributed by atoms with E-state index in [9.17, 15) is 33.6 Å². The standard InChI is InChI=1S/C35H53N5O9/c1-22(2)33(47)48-21-25-9-11-26(12-10-25)38-31(45)24(4)37-29(43)20-36-27(41)13-15-35(7,8)49-18-16-34(5,6)39-28(42)14-17-40-30(44)19-23(3)32(40)46/h9-12,22-24H,13-21H2,1-8H3,(H,36,41)(H,37,43)(H,38,45)(H,39,42). The van der Waals surface area contributed by atoms with Crippen molar-refractivity contribution in [3.63, 3.8) is 0 Å². The van der Waals surface area contributed by atoms with Gasteiger partial charge in [-0.2, -0.15) is 0 Å². The lowest BCUT2D eigenvalue weighted by Crippen LogP contribution is -2.46. The molecule has 272 valence electrons. The minimum Gasteiger partial charge on any atom is -0.461 e. The molecule has 0 radical (unpaired) electrons. The summed E-state index contributed by atoms with van der Waals surface area (Å²) in [5.41, 5.74) is 0.0186. The van der Waals surface area contributed by atoms with Crippen molar-refractivity contribution < 1.29 is 43.0 Å². The molecule has 1 aromatic carbocycles. The second kappa shape index (κ2) is 18.4. The third kappa shape index (κ3) is 14.8. The fourth-order valence-corrected chi connectivity index (χ4v) is 4.75. The zero-order valence-electron chi connectivity index (χ0n) is 30.0. The number of carbonyl (C=O) groups is 7. The first-order valence-corrected chi connectivity index (χ1v) is 16.7. The van der Waals surface area contributed by atoms with Crippen molar-refractivity contribution in [2.75, 3.05) is 25.0 Å². The third-order valence-electron chi connectivity index (χ3n) is 7.97. The number of nitrogens with one attached hydrogen (secondary N) is 4. The lowest BCUT2D eigenvalue weighted by molar-refractivity contribution is -0.148. The molecule has 6 amide bonds. The lowest BCUT2D eigenvalue weighted by Gasteiger charge is -2.30. The van der Waals surface area contributed by atoms with E-state index in [4.69, 9.17) is 9.47 Å². The quantitative estimate of drug-likeness (QED) is 0.125. The Morgan fingerprint density at radius 1 is 0.918 bits per heavy atom. The smallest absolute Gasteiger partial charge is 0.308 e. The van der Waals surface area contributed by atoms with Gasteiger partial charge in [-0.15, -0.1) is 0 Å². The van der Waals surface area contributed by atoms with Crippen LogP contribution in [0, 0.1) is 11.8 Å². The zero-order valence-corrected chi connectivity index (χ0v) is 30.0. The summed E-state index contributed by atoms with van der Waals surface area (Å²) in [7, 11) is 0. The second-order valence-electron chi connectivity index (χ2n) is 14.0. The van der Waals surface area contributed by atoms with Crippen molar-refractivity contribution in [3.05, 3.63) is 29.8 Å². The number of hydrogen-bond donors (Lipinski definition) is 4. The molecule has 0 spiro atoms. The van der Waals surface area contributed by atoms with E-state index in [1.807, 2.05) is 27.7 Å². The fraction of sp³-hybridized carbons (Fsp3) is 0.629. The maximum absolute atomic E-state index is 12.5. The Labute approximate surface area is 288 Å². The molecule has 14 nitrogen and oxygen atoms in total. The van der Waals surface area contributed by atoms with Crippen LogP contribution in [0.5, 0.6) is 0 Å². The molecule has 0 bridgehead atoms. The molecule has 1 aliphatic heterocycles. The Bertz CT molecular complexity index is 1360. The minimum atomic E-state index is -0.861. The molecule has 1 heterocycles. The fourth-order valence-electron chi connectivity index (χ4n) is 4.75. The van der Waals surface area contributed by atoms with E-state index < -0.39 is 29.0 Å². The van der Waals surface area contributed by atoms with Crippen LogP contribution in [0.25, 0.3) is 0 Å². The summed E-state index contributed by atoms with van der Waals surface area (Å²) >= 11 is 0. The molecule has 0 aromatic heterocycles. The van der Waals surface area contributed by atoms with Crippen LogP contribution in [-0.2, 0) is 49.6 Å². The highest BCUT2D eigenvalue weighted by Crippen LogP contribution is 2.21. The number of amides is 6. The molecule has 0 saturated carbocycles. The molecule has 2 unspecified atom stereocenters. The lowest BCUT2D eigenvalue weighted by atomic mass is 9.99. The molecule has 49 heavy (non-hydrogen) atoms. The molecule has 1 fully saturated rings. The van der Waals surface area contributed by atoms with Gasteiger partial charge in [0.2, 0.25) is 35.4 Å². The Hall–Kier alpha value is -4.33. The van der Waals surface area contributed by atoms with E-state index in [1.165, 1.54) is 6.92 Å². The number of rotatable bonds is 19. The third-order valence-corrected chi connectivity index (χ3v) is 7.97. The summed E-state index contributed by atoms with van der Waals surface area (Å²) in [6, 6.07) is 5.93. The number of nitrogens with zero attached hydrogens (tertiary/aromatic N) is 1. The van der Waals surface area contributed by atoms with Gasteiger partial charge in [-0.25, -0.2) is 0 Å². The zero-order chi connectivity index (χ0) is 36.9. The first-order chi connectivity index (χ1) is 22.8. The minimum absolute atomic E-state index is 0.0223. The summed E-state index contributed by atoms with van der Waals surface area (Å²) in [6.45, 7) is 14.3. The van der Waals surface area contributed by atoms with E-state index in [0.717, 1.165) is 10.5 Å². The van der Waals surface area contributed by atoms with E-state index in [0.29, 0.717) is 25.1 Å². The highest BCUT2D eigenvalue weighted by Gasteiger charge is 2.35. The number of likely N-dealkylation sites (tertiary alicyclic amines) is 1. The van der Waals surface area contributed by atoms with Gasteiger partial charge in [-0.05, 0) is 65.2 Å². The van der Waals surface area contributed by atoms with E-state index in [2.05, 4.69) is 21.3 Å². The van der Waals surface area contributed by atoms with Crippen molar-refractivity contribution in [1.29, 1.82) is 0 Å². The Morgan fingerprint density at radius 3 is 2.16 bits per heavy atom.